The predicted molar refractivity (Wildman–Crippen MR) is 48.8 cm³/mol. The van der Waals surface area contributed by atoms with E-state index >= 15 is 0 Å². The Morgan fingerprint density at radius 3 is 2.38 bits per heavy atom. The van der Waals surface area contributed by atoms with Crippen LogP contribution in [0.3, 0.4) is 0 Å². The Bertz CT molecular complexity index is 185. The van der Waals surface area contributed by atoms with Gasteiger partial charge in [-0.1, -0.05) is 25.7 Å². The first-order chi connectivity index (χ1) is 6.36. The van der Waals surface area contributed by atoms with Crippen molar-refractivity contribution in [3.05, 3.63) is 0 Å². The number of hydroxylamine groups is 1. The molecule has 1 saturated carbocycles. The fourth-order valence-electron chi connectivity index (χ4n) is 2.35. The van der Waals surface area contributed by atoms with Gasteiger partial charge in [-0.15, -0.1) is 0 Å². The molecule has 1 saturated heterocycles. The Kier molecular flexibility index (Phi) is 2.83. The van der Waals surface area contributed by atoms with Gasteiger partial charge in [0.05, 0.1) is 12.5 Å². The third kappa shape index (κ3) is 2.21. The maximum Gasteiger partial charge on any atom is 0.246 e. The summed E-state index contributed by atoms with van der Waals surface area (Å²) in [5.41, 5.74) is 2.45. The quantitative estimate of drug-likeness (QED) is 0.629. The molecule has 0 spiro atoms. The van der Waals surface area contributed by atoms with Gasteiger partial charge in [0.15, 0.2) is 0 Å². The van der Waals surface area contributed by atoms with Crippen molar-refractivity contribution in [3.8, 4) is 0 Å². The Balaban J connectivity index is 1.87. The van der Waals surface area contributed by atoms with Crippen molar-refractivity contribution in [2.24, 2.45) is 5.92 Å². The van der Waals surface area contributed by atoms with Crippen LogP contribution in [0.2, 0.25) is 0 Å². The molecule has 2 aliphatic rings. The fraction of sp³-hybridized carbons (Fsp3) is 0.900. The molecule has 1 unspecified atom stereocenters. The van der Waals surface area contributed by atoms with Gasteiger partial charge < -0.3 is 0 Å². The maximum absolute atomic E-state index is 10.9. The molecule has 0 aromatic rings. The Morgan fingerprint density at radius 1 is 1.15 bits per heavy atom. The van der Waals surface area contributed by atoms with E-state index in [-0.39, 0.29) is 12.0 Å². The Morgan fingerprint density at radius 2 is 1.85 bits per heavy atom. The molecule has 3 heteroatoms. The van der Waals surface area contributed by atoms with Gasteiger partial charge in [0, 0.05) is 0 Å². The SMILES string of the molecule is O=C1CC(C2CCCCCC2)ON1. The largest absolute Gasteiger partial charge is 0.273 e. The molecule has 2 fully saturated rings. The Labute approximate surface area is 78.8 Å². The molecule has 1 aliphatic heterocycles. The lowest BCUT2D eigenvalue weighted by Crippen LogP contribution is -2.20. The molecule has 2 rings (SSSR count). The molecular weight excluding hydrogens is 166 g/mol. The van der Waals surface area contributed by atoms with Crippen LogP contribution in [0.25, 0.3) is 0 Å². The van der Waals surface area contributed by atoms with Gasteiger partial charge in [0.25, 0.3) is 0 Å². The van der Waals surface area contributed by atoms with Crippen LogP contribution >= 0.6 is 0 Å². The second kappa shape index (κ2) is 4.09. The van der Waals surface area contributed by atoms with Gasteiger partial charge in [0.1, 0.15) is 0 Å². The fourth-order valence-corrected chi connectivity index (χ4v) is 2.35. The molecule has 1 aliphatic carbocycles. The summed E-state index contributed by atoms with van der Waals surface area (Å²) in [6.07, 6.45) is 8.52. The highest BCUT2D eigenvalue weighted by molar-refractivity contribution is 5.76. The van der Waals surface area contributed by atoms with Crippen LogP contribution in [-0.2, 0) is 9.63 Å². The summed E-state index contributed by atoms with van der Waals surface area (Å²) in [5.74, 6) is 0.663. The third-order valence-corrected chi connectivity index (χ3v) is 3.14. The molecule has 1 amide bonds. The van der Waals surface area contributed by atoms with Crippen molar-refractivity contribution in [3.63, 3.8) is 0 Å². The van der Waals surface area contributed by atoms with Crippen molar-refractivity contribution in [1.82, 2.24) is 5.48 Å². The summed E-state index contributed by atoms with van der Waals surface area (Å²) < 4.78 is 0. The van der Waals surface area contributed by atoms with Crippen LogP contribution in [0.5, 0.6) is 0 Å². The van der Waals surface area contributed by atoms with E-state index in [1.54, 1.807) is 0 Å². The smallest absolute Gasteiger partial charge is 0.246 e. The van der Waals surface area contributed by atoms with Gasteiger partial charge in [-0.3, -0.25) is 9.63 Å². The molecule has 1 atom stereocenters. The highest BCUT2D eigenvalue weighted by Crippen LogP contribution is 2.29. The van der Waals surface area contributed by atoms with Crippen molar-refractivity contribution >= 4 is 5.91 Å². The second-order valence-corrected chi connectivity index (χ2v) is 4.14. The Hall–Kier alpha value is -0.570. The average molecular weight is 183 g/mol. The van der Waals surface area contributed by atoms with Crippen LogP contribution in [0, 0.1) is 5.92 Å². The average Bonchev–Trinajstić information content (AvgIpc) is 2.43. The van der Waals surface area contributed by atoms with E-state index in [9.17, 15) is 4.79 Å². The zero-order chi connectivity index (χ0) is 9.10. The van der Waals surface area contributed by atoms with E-state index in [2.05, 4.69) is 5.48 Å². The van der Waals surface area contributed by atoms with Gasteiger partial charge >= 0.3 is 0 Å². The standard InChI is InChI=1S/C10H17NO2/c12-10-7-9(13-11-10)8-5-3-1-2-4-6-8/h8-9H,1-7H2,(H,11,12). The number of hydrogen-bond donors (Lipinski definition) is 1. The third-order valence-electron chi connectivity index (χ3n) is 3.14. The highest BCUT2D eigenvalue weighted by Gasteiger charge is 2.30. The second-order valence-electron chi connectivity index (χ2n) is 4.14. The summed E-state index contributed by atoms with van der Waals surface area (Å²) in [5, 5.41) is 0. The molecule has 1 heterocycles. The minimum absolute atomic E-state index is 0.0502. The molecule has 0 aromatic carbocycles. The normalized spacial score (nSPS) is 31.4. The lowest BCUT2D eigenvalue weighted by Gasteiger charge is -2.18. The summed E-state index contributed by atoms with van der Waals surface area (Å²) in [6.45, 7) is 0. The van der Waals surface area contributed by atoms with E-state index in [0.29, 0.717) is 12.3 Å². The molecule has 0 radical (unpaired) electrons. The van der Waals surface area contributed by atoms with Crippen LogP contribution in [0.4, 0.5) is 0 Å². The first-order valence-electron chi connectivity index (χ1n) is 5.31. The lowest BCUT2D eigenvalue weighted by atomic mass is 9.92. The van der Waals surface area contributed by atoms with E-state index in [1.807, 2.05) is 0 Å². The molecular formula is C10H17NO2. The minimum atomic E-state index is 0.0502. The number of nitrogens with one attached hydrogen (secondary N) is 1. The molecule has 74 valence electrons. The van der Waals surface area contributed by atoms with Gasteiger partial charge in [-0.25, -0.2) is 5.48 Å². The van der Waals surface area contributed by atoms with Crippen LogP contribution < -0.4 is 5.48 Å². The van der Waals surface area contributed by atoms with Crippen molar-refractivity contribution in [1.29, 1.82) is 0 Å². The van der Waals surface area contributed by atoms with Gasteiger partial charge in [-0.05, 0) is 18.8 Å². The molecule has 3 nitrogen and oxygen atoms in total. The first kappa shape index (κ1) is 9.00. The summed E-state index contributed by atoms with van der Waals surface area (Å²) in [7, 11) is 0. The molecule has 0 bridgehead atoms. The van der Waals surface area contributed by atoms with Crippen LogP contribution in [0.1, 0.15) is 44.9 Å². The van der Waals surface area contributed by atoms with Gasteiger partial charge in [-0.2, -0.15) is 0 Å². The van der Waals surface area contributed by atoms with Crippen molar-refractivity contribution < 1.29 is 9.63 Å². The van der Waals surface area contributed by atoms with Crippen LogP contribution in [0.15, 0.2) is 0 Å². The summed E-state index contributed by atoms with van der Waals surface area (Å²) in [4.78, 5) is 16.2. The van der Waals surface area contributed by atoms with Crippen molar-refractivity contribution in [2.75, 3.05) is 0 Å². The zero-order valence-corrected chi connectivity index (χ0v) is 7.92. The molecule has 1 N–H and O–H groups in total. The highest BCUT2D eigenvalue weighted by atomic mass is 16.7. The topological polar surface area (TPSA) is 38.3 Å². The van der Waals surface area contributed by atoms with E-state index in [1.165, 1.54) is 38.5 Å². The number of amides is 1. The van der Waals surface area contributed by atoms with E-state index < -0.39 is 0 Å². The number of rotatable bonds is 1. The van der Waals surface area contributed by atoms with E-state index in [4.69, 9.17) is 4.84 Å². The van der Waals surface area contributed by atoms with Crippen molar-refractivity contribution in [2.45, 2.75) is 51.0 Å². The zero-order valence-electron chi connectivity index (χ0n) is 7.92. The number of carbonyl (C=O) groups is 1. The monoisotopic (exact) mass is 183 g/mol. The lowest BCUT2D eigenvalue weighted by molar-refractivity contribution is -0.124. The molecule has 13 heavy (non-hydrogen) atoms. The predicted octanol–water partition coefficient (Wildman–Crippen LogP) is 1.78. The molecule has 0 aromatic heterocycles. The maximum atomic E-state index is 10.9. The van der Waals surface area contributed by atoms with Crippen LogP contribution in [-0.4, -0.2) is 12.0 Å². The first-order valence-corrected chi connectivity index (χ1v) is 5.31. The summed E-state index contributed by atoms with van der Waals surface area (Å²) in [6, 6.07) is 0. The number of carbonyl (C=O) groups excluding carboxylic acids is 1. The number of hydrogen-bond acceptors (Lipinski definition) is 2. The summed E-state index contributed by atoms with van der Waals surface area (Å²) >= 11 is 0. The van der Waals surface area contributed by atoms with Gasteiger partial charge in [0.2, 0.25) is 5.91 Å². The minimum Gasteiger partial charge on any atom is -0.273 e. The van der Waals surface area contributed by atoms with E-state index in [0.717, 1.165) is 0 Å².